The van der Waals surface area contributed by atoms with Crippen molar-refractivity contribution in [2.75, 3.05) is 12.3 Å². The molecule has 3 nitrogen and oxygen atoms in total. The van der Waals surface area contributed by atoms with E-state index in [9.17, 15) is 4.79 Å². The maximum absolute atomic E-state index is 11.7. The number of thioether (sulfide) groups is 1. The van der Waals surface area contributed by atoms with Crippen LogP contribution in [0.5, 0.6) is 0 Å². The van der Waals surface area contributed by atoms with Gasteiger partial charge in [-0.05, 0) is 13.0 Å². The lowest BCUT2D eigenvalue weighted by atomic mass is 10.4. The number of carbonyl (C=O) groups is 1. The molecular weight excluding hydrogens is 240 g/mol. The van der Waals surface area contributed by atoms with Gasteiger partial charge in [-0.15, -0.1) is 23.1 Å². The molecule has 86 valence electrons. The number of thiazole rings is 1. The van der Waals surface area contributed by atoms with Crippen molar-refractivity contribution >= 4 is 35.1 Å². The van der Waals surface area contributed by atoms with E-state index in [1.807, 2.05) is 30.2 Å². The number of hydrogen-bond acceptors (Lipinski definition) is 4. The maximum Gasteiger partial charge on any atom is 0.227 e. The van der Waals surface area contributed by atoms with Crippen molar-refractivity contribution < 1.29 is 4.79 Å². The van der Waals surface area contributed by atoms with Gasteiger partial charge in [0.05, 0.1) is 15.7 Å². The Bertz CT molecular complexity index is 425. The third-order valence-corrected chi connectivity index (χ3v) is 4.15. The number of amides is 1. The molecule has 0 aromatic carbocycles. The van der Waals surface area contributed by atoms with E-state index in [-0.39, 0.29) is 5.91 Å². The summed E-state index contributed by atoms with van der Waals surface area (Å²) in [5.74, 6) is 1.18. The third-order valence-electron chi connectivity index (χ3n) is 2.34. The molecule has 0 unspecified atom stereocenters. The van der Waals surface area contributed by atoms with Crippen LogP contribution in [0, 0.1) is 6.92 Å². The lowest BCUT2D eigenvalue weighted by molar-refractivity contribution is -0.128. The molecule has 0 aliphatic carbocycles. The van der Waals surface area contributed by atoms with Crippen LogP contribution < -0.4 is 0 Å². The van der Waals surface area contributed by atoms with Crippen LogP contribution in [0.15, 0.2) is 10.4 Å². The first-order chi connectivity index (χ1) is 7.70. The zero-order valence-corrected chi connectivity index (χ0v) is 11.0. The Morgan fingerprint density at radius 2 is 2.50 bits per heavy atom. The van der Waals surface area contributed by atoms with Gasteiger partial charge in [0, 0.05) is 24.1 Å². The van der Waals surface area contributed by atoms with Gasteiger partial charge >= 0.3 is 0 Å². The number of nitrogens with zero attached hydrogens (tertiary/aromatic N) is 2. The van der Waals surface area contributed by atoms with E-state index in [0.29, 0.717) is 6.42 Å². The third kappa shape index (κ3) is 2.47. The van der Waals surface area contributed by atoms with E-state index >= 15 is 0 Å². The smallest absolute Gasteiger partial charge is 0.227 e. The fraction of sp³-hybridized carbons (Fsp3) is 0.455. The molecule has 1 fully saturated rings. The number of aryl methyl sites for hydroxylation is 1. The van der Waals surface area contributed by atoms with Gasteiger partial charge in [0.25, 0.3) is 0 Å². The summed E-state index contributed by atoms with van der Waals surface area (Å²) in [6.45, 7) is 4.71. The predicted octanol–water partition coefficient (Wildman–Crippen LogP) is 2.74. The van der Waals surface area contributed by atoms with E-state index in [1.54, 1.807) is 23.1 Å². The Kier molecular flexibility index (Phi) is 3.66. The standard InChI is InChI=1S/C11H14N2OS2/c1-3-10(14)13-4-5-15-11(13)6-9-7-16-8(2)12-9/h6-7H,3-5H2,1-2H3/b11-6+. The van der Waals surface area contributed by atoms with Crippen molar-refractivity contribution in [3.63, 3.8) is 0 Å². The van der Waals surface area contributed by atoms with E-state index in [1.165, 1.54) is 0 Å². The van der Waals surface area contributed by atoms with Crippen LogP contribution in [0.4, 0.5) is 0 Å². The van der Waals surface area contributed by atoms with E-state index in [0.717, 1.165) is 28.0 Å². The lowest BCUT2D eigenvalue weighted by Gasteiger charge is -2.15. The van der Waals surface area contributed by atoms with E-state index in [4.69, 9.17) is 0 Å². The second kappa shape index (κ2) is 5.01. The van der Waals surface area contributed by atoms with E-state index < -0.39 is 0 Å². The van der Waals surface area contributed by atoms with Gasteiger partial charge in [-0.2, -0.15) is 0 Å². The number of aromatic nitrogens is 1. The molecule has 0 N–H and O–H groups in total. The first-order valence-electron chi connectivity index (χ1n) is 5.27. The van der Waals surface area contributed by atoms with Crippen molar-refractivity contribution in [2.45, 2.75) is 20.3 Å². The number of carbonyl (C=O) groups excluding carboxylic acids is 1. The Morgan fingerprint density at radius 1 is 1.69 bits per heavy atom. The topological polar surface area (TPSA) is 33.2 Å². The Labute approximate surface area is 104 Å². The normalized spacial score (nSPS) is 18.4. The average Bonchev–Trinajstić information content (AvgIpc) is 2.87. The first kappa shape index (κ1) is 11.7. The molecule has 0 spiro atoms. The van der Waals surface area contributed by atoms with Gasteiger partial charge in [-0.25, -0.2) is 4.98 Å². The SMILES string of the molecule is CCC(=O)N1CCS/C1=C/c1csc(C)n1. The molecule has 2 heterocycles. The van der Waals surface area contributed by atoms with Crippen LogP contribution in [0.25, 0.3) is 6.08 Å². The van der Waals surface area contributed by atoms with Crippen LogP contribution >= 0.6 is 23.1 Å². The molecule has 0 atom stereocenters. The summed E-state index contributed by atoms with van der Waals surface area (Å²) < 4.78 is 0. The molecule has 1 saturated heterocycles. The molecular formula is C11H14N2OS2. The monoisotopic (exact) mass is 254 g/mol. The minimum atomic E-state index is 0.197. The van der Waals surface area contributed by atoms with Crippen molar-refractivity contribution in [2.24, 2.45) is 0 Å². The van der Waals surface area contributed by atoms with Gasteiger partial charge in [0.2, 0.25) is 5.91 Å². The second-order valence-corrected chi connectivity index (χ2v) is 5.70. The zero-order valence-electron chi connectivity index (χ0n) is 9.40. The maximum atomic E-state index is 11.7. The highest BCUT2D eigenvalue weighted by atomic mass is 32.2. The summed E-state index contributed by atoms with van der Waals surface area (Å²) in [5.41, 5.74) is 0.959. The summed E-state index contributed by atoms with van der Waals surface area (Å²) in [7, 11) is 0. The minimum Gasteiger partial charge on any atom is -0.306 e. The first-order valence-corrected chi connectivity index (χ1v) is 7.14. The molecule has 2 rings (SSSR count). The van der Waals surface area contributed by atoms with Crippen LogP contribution in [-0.4, -0.2) is 28.1 Å². The van der Waals surface area contributed by atoms with Crippen molar-refractivity contribution in [3.05, 3.63) is 21.1 Å². The molecule has 1 aromatic rings. The zero-order chi connectivity index (χ0) is 11.5. The largest absolute Gasteiger partial charge is 0.306 e. The van der Waals surface area contributed by atoms with Gasteiger partial charge < -0.3 is 4.90 Å². The molecule has 0 bridgehead atoms. The number of rotatable bonds is 2. The fourth-order valence-electron chi connectivity index (χ4n) is 1.56. The molecule has 1 aliphatic rings. The van der Waals surface area contributed by atoms with Gasteiger partial charge in [-0.1, -0.05) is 6.92 Å². The average molecular weight is 254 g/mol. The molecule has 16 heavy (non-hydrogen) atoms. The fourth-order valence-corrected chi connectivity index (χ4v) is 3.17. The summed E-state index contributed by atoms with van der Waals surface area (Å²) in [4.78, 5) is 17.9. The molecule has 5 heteroatoms. The van der Waals surface area contributed by atoms with Crippen molar-refractivity contribution in [3.8, 4) is 0 Å². The van der Waals surface area contributed by atoms with Crippen LogP contribution in [-0.2, 0) is 4.79 Å². The molecule has 1 amide bonds. The quantitative estimate of drug-likeness (QED) is 0.813. The summed E-state index contributed by atoms with van der Waals surface area (Å²) in [5, 5.41) is 4.12. The van der Waals surface area contributed by atoms with Gasteiger partial charge in [0.1, 0.15) is 0 Å². The van der Waals surface area contributed by atoms with Crippen molar-refractivity contribution in [1.29, 1.82) is 0 Å². The van der Waals surface area contributed by atoms with Crippen molar-refractivity contribution in [1.82, 2.24) is 9.88 Å². The van der Waals surface area contributed by atoms with Crippen LogP contribution in [0.1, 0.15) is 24.0 Å². The van der Waals surface area contributed by atoms with Crippen LogP contribution in [0.3, 0.4) is 0 Å². The second-order valence-electron chi connectivity index (χ2n) is 3.52. The van der Waals surface area contributed by atoms with Gasteiger partial charge in [0.15, 0.2) is 0 Å². The molecule has 0 radical (unpaired) electrons. The molecule has 0 saturated carbocycles. The lowest BCUT2D eigenvalue weighted by Crippen LogP contribution is -2.25. The Hall–Kier alpha value is -0.810. The Morgan fingerprint density at radius 3 is 3.12 bits per heavy atom. The molecule has 1 aromatic heterocycles. The van der Waals surface area contributed by atoms with Gasteiger partial charge in [-0.3, -0.25) is 4.79 Å². The highest BCUT2D eigenvalue weighted by molar-refractivity contribution is 8.03. The summed E-state index contributed by atoms with van der Waals surface area (Å²) in [6.07, 6.45) is 2.57. The summed E-state index contributed by atoms with van der Waals surface area (Å²) >= 11 is 3.36. The Balaban J connectivity index is 2.19. The highest BCUT2D eigenvalue weighted by Gasteiger charge is 2.22. The number of hydrogen-bond donors (Lipinski definition) is 0. The molecule has 1 aliphatic heterocycles. The predicted molar refractivity (Wildman–Crippen MR) is 69.3 cm³/mol. The highest BCUT2D eigenvalue weighted by Crippen LogP contribution is 2.30. The van der Waals surface area contributed by atoms with E-state index in [2.05, 4.69) is 4.98 Å². The summed E-state index contributed by atoms with van der Waals surface area (Å²) in [6, 6.07) is 0. The minimum absolute atomic E-state index is 0.197. The van der Waals surface area contributed by atoms with Crippen LogP contribution in [0.2, 0.25) is 0 Å².